The van der Waals surface area contributed by atoms with Gasteiger partial charge >= 0.3 is 0 Å². The molecule has 2 nitrogen and oxygen atoms in total. The van der Waals surface area contributed by atoms with Gasteiger partial charge in [0.1, 0.15) is 5.69 Å². The molecule has 26 heavy (non-hydrogen) atoms. The van der Waals surface area contributed by atoms with Crippen LogP contribution in [0.2, 0.25) is 0 Å². The van der Waals surface area contributed by atoms with Crippen LogP contribution in [0.1, 0.15) is 96.8 Å². The third kappa shape index (κ3) is 12.5. The number of hydrogen-bond donors (Lipinski definition) is 0. The van der Waals surface area contributed by atoms with E-state index in [4.69, 9.17) is 0 Å². The monoisotopic (exact) mass is 363 g/mol. The molecule has 0 aliphatic carbocycles. The second-order valence-electron chi connectivity index (χ2n) is 8.34. The predicted molar refractivity (Wildman–Crippen MR) is 117 cm³/mol. The summed E-state index contributed by atoms with van der Waals surface area (Å²) >= 11 is 0. The Morgan fingerprint density at radius 3 is 1.38 bits per heavy atom. The molecule has 1 rings (SSSR count). The van der Waals surface area contributed by atoms with Gasteiger partial charge in [0.05, 0.1) is 20.6 Å². The van der Waals surface area contributed by atoms with Crippen LogP contribution in [0.4, 0.5) is 5.69 Å². The molecule has 0 fully saturated rings. The summed E-state index contributed by atoms with van der Waals surface area (Å²) in [6, 6.07) is 10.9. The minimum Gasteiger partial charge on any atom is -0.870 e. The van der Waals surface area contributed by atoms with Crippen molar-refractivity contribution in [2.45, 2.75) is 96.8 Å². The van der Waals surface area contributed by atoms with Gasteiger partial charge in [-0.2, -0.15) is 0 Å². The van der Waals surface area contributed by atoms with Gasteiger partial charge in [-0.05, 0) is 25.0 Å². The fourth-order valence-electron chi connectivity index (χ4n) is 3.66. The van der Waals surface area contributed by atoms with E-state index in [0.29, 0.717) is 0 Å². The van der Waals surface area contributed by atoms with Gasteiger partial charge < -0.3 is 5.48 Å². The Labute approximate surface area is 163 Å². The molecule has 1 aromatic rings. The van der Waals surface area contributed by atoms with Crippen molar-refractivity contribution in [2.75, 3.05) is 20.6 Å². The van der Waals surface area contributed by atoms with E-state index in [2.05, 4.69) is 51.4 Å². The Bertz CT molecular complexity index is 402. The van der Waals surface area contributed by atoms with E-state index >= 15 is 0 Å². The average Bonchev–Trinajstić information content (AvgIpc) is 2.63. The molecule has 1 aromatic carbocycles. The molecule has 1 N–H and O–H groups in total. The zero-order valence-corrected chi connectivity index (χ0v) is 17.9. The molecule has 0 amide bonds. The number of benzene rings is 1. The van der Waals surface area contributed by atoms with Gasteiger partial charge in [0, 0.05) is 0 Å². The number of unbranched alkanes of at least 4 members (excludes halogenated alkanes) is 13. The summed E-state index contributed by atoms with van der Waals surface area (Å²) in [5.41, 5.74) is 1.43. The Kier molecular flexibility index (Phi) is 15.8. The van der Waals surface area contributed by atoms with Crippen molar-refractivity contribution in [1.29, 1.82) is 0 Å². The maximum Gasteiger partial charge on any atom is 0.132 e. The highest BCUT2D eigenvalue weighted by Crippen LogP contribution is 2.19. The van der Waals surface area contributed by atoms with Gasteiger partial charge in [0.25, 0.3) is 0 Å². The Hall–Kier alpha value is -0.860. The lowest BCUT2D eigenvalue weighted by Crippen LogP contribution is -2.41. The normalized spacial score (nSPS) is 11.3. The van der Waals surface area contributed by atoms with Gasteiger partial charge in [0.15, 0.2) is 0 Å². The van der Waals surface area contributed by atoms with Gasteiger partial charge in [-0.25, -0.2) is 0 Å². The lowest BCUT2D eigenvalue weighted by atomic mass is 10.0. The lowest BCUT2D eigenvalue weighted by molar-refractivity contribution is 0.380. The predicted octanol–water partition coefficient (Wildman–Crippen LogP) is 7.56. The molecular weight excluding hydrogens is 318 g/mol. The first-order chi connectivity index (χ1) is 12.2. The summed E-state index contributed by atoms with van der Waals surface area (Å²) in [5.74, 6) is 0. The van der Waals surface area contributed by atoms with Crippen LogP contribution < -0.4 is 4.48 Å². The van der Waals surface area contributed by atoms with E-state index in [1.54, 1.807) is 0 Å². The molecule has 0 atom stereocenters. The quantitative estimate of drug-likeness (QED) is 0.220. The summed E-state index contributed by atoms with van der Waals surface area (Å²) in [4.78, 5) is 0. The van der Waals surface area contributed by atoms with E-state index in [-0.39, 0.29) is 5.48 Å². The molecule has 0 unspecified atom stereocenters. The number of nitrogens with zero attached hydrogens (tertiary/aromatic N) is 1. The Morgan fingerprint density at radius 1 is 0.577 bits per heavy atom. The molecule has 0 heterocycles. The van der Waals surface area contributed by atoms with Gasteiger partial charge in [-0.1, -0.05) is 102 Å². The molecule has 0 saturated carbocycles. The van der Waals surface area contributed by atoms with Crippen LogP contribution in [-0.2, 0) is 0 Å². The van der Waals surface area contributed by atoms with Crippen molar-refractivity contribution in [3.8, 4) is 0 Å². The number of para-hydroxylation sites is 1. The van der Waals surface area contributed by atoms with Crippen LogP contribution in [0.25, 0.3) is 0 Å². The highest BCUT2D eigenvalue weighted by Gasteiger charge is 2.17. The third-order valence-electron chi connectivity index (χ3n) is 5.53. The molecular formula is C24H45NO. The third-order valence-corrected chi connectivity index (χ3v) is 5.53. The molecule has 0 radical (unpaired) electrons. The lowest BCUT2D eigenvalue weighted by Gasteiger charge is -2.29. The second-order valence-corrected chi connectivity index (χ2v) is 8.34. The molecule has 0 bridgehead atoms. The zero-order valence-electron chi connectivity index (χ0n) is 17.9. The molecule has 2 heteroatoms. The fraction of sp³-hybridized carbons (Fsp3) is 0.750. The van der Waals surface area contributed by atoms with Gasteiger partial charge in [-0.3, -0.25) is 4.48 Å². The van der Waals surface area contributed by atoms with Gasteiger partial charge in [0.2, 0.25) is 0 Å². The van der Waals surface area contributed by atoms with Crippen molar-refractivity contribution in [3.63, 3.8) is 0 Å². The van der Waals surface area contributed by atoms with Crippen LogP contribution in [0.5, 0.6) is 0 Å². The number of quaternary nitrogens is 1. The van der Waals surface area contributed by atoms with E-state index < -0.39 is 0 Å². The topological polar surface area (TPSA) is 30.0 Å². The van der Waals surface area contributed by atoms with E-state index in [0.717, 1.165) is 4.48 Å². The first kappa shape index (κ1) is 25.1. The second kappa shape index (κ2) is 16.3. The van der Waals surface area contributed by atoms with Crippen LogP contribution >= 0.6 is 0 Å². The smallest absolute Gasteiger partial charge is 0.132 e. The van der Waals surface area contributed by atoms with Crippen molar-refractivity contribution < 1.29 is 5.48 Å². The molecule has 0 saturated heterocycles. The average molecular weight is 364 g/mol. The van der Waals surface area contributed by atoms with Crippen LogP contribution in [-0.4, -0.2) is 26.1 Å². The Balaban J connectivity index is 0.00000625. The highest BCUT2D eigenvalue weighted by atomic mass is 16.0. The largest absolute Gasteiger partial charge is 0.870 e. The molecule has 0 aliphatic heterocycles. The van der Waals surface area contributed by atoms with Crippen molar-refractivity contribution >= 4 is 5.69 Å². The van der Waals surface area contributed by atoms with Gasteiger partial charge in [-0.15, -0.1) is 0 Å². The minimum absolute atomic E-state index is 0. The molecule has 152 valence electrons. The summed E-state index contributed by atoms with van der Waals surface area (Å²) in [6.07, 6.45) is 20.1. The number of hydrogen-bond acceptors (Lipinski definition) is 1. The SMILES string of the molecule is CCCCCCCCCCCCCCCC[N+](C)(C)c1ccccc1.[OH-]. The summed E-state index contributed by atoms with van der Waals surface area (Å²) in [6.45, 7) is 3.55. The first-order valence-electron chi connectivity index (χ1n) is 11.1. The van der Waals surface area contributed by atoms with Crippen LogP contribution in [0.15, 0.2) is 30.3 Å². The van der Waals surface area contributed by atoms with Crippen LogP contribution in [0, 0.1) is 0 Å². The fourth-order valence-corrected chi connectivity index (χ4v) is 3.66. The maximum absolute atomic E-state index is 2.33. The van der Waals surface area contributed by atoms with E-state index in [9.17, 15) is 0 Å². The molecule has 0 aromatic heterocycles. The van der Waals surface area contributed by atoms with E-state index in [1.807, 2.05) is 0 Å². The maximum atomic E-state index is 2.33. The summed E-state index contributed by atoms with van der Waals surface area (Å²) in [7, 11) is 4.66. The van der Waals surface area contributed by atoms with E-state index in [1.165, 1.54) is 102 Å². The zero-order chi connectivity index (χ0) is 18.2. The molecule has 0 spiro atoms. The number of rotatable bonds is 16. The van der Waals surface area contributed by atoms with Crippen molar-refractivity contribution in [3.05, 3.63) is 30.3 Å². The molecule has 0 aliphatic rings. The summed E-state index contributed by atoms with van der Waals surface area (Å²) < 4.78 is 1.01. The Morgan fingerprint density at radius 2 is 0.962 bits per heavy atom. The standard InChI is InChI=1S/C24H44N.H2O/c1-4-5-6-7-8-9-10-11-12-13-14-15-16-20-23-25(2,3)24-21-18-17-19-22-24;/h17-19,21-22H,4-16,20,23H2,1-3H3;1H2/q+1;/p-1. The van der Waals surface area contributed by atoms with Crippen molar-refractivity contribution in [2.24, 2.45) is 0 Å². The highest BCUT2D eigenvalue weighted by molar-refractivity contribution is 5.40. The first-order valence-corrected chi connectivity index (χ1v) is 11.1. The van der Waals surface area contributed by atoms with Crippen molar-refractivity contribution in [1.82, 2.24) is 4.48 Å². The minimum atomic E-state index is 0. The van der Waals surface area contributed by atoms with Crippen LogP contribution in [0.3, 0.4) is 0 Å². The summed E-state index contributed by atoms with van der Waals surface area (Å²) in [5, 5.41) is 0.